The van der Waals surface area contributed by atoms with Crippen LogP contribution in [-0.2, 0) is 22.7 Å². The van der Waals surface area contributed by atoms with Gasteiger partial charge in [-0.3, -0.25) is 0 Å². The zero-order valence-corrected chi connectivity index (χ0v) is 15.3. The SMILES string of the molecule is Cc1ccc(-c2nnn(CC(=O)OCc3noc(-c4ccc(F)cc4)n3)n2)cc1. The highest BCUT2D eigenvalue weighted by molar-refractivity contribution is 5.69. The fourth-order valence-corrected chi connectivity index (χ4v) is 2.46. The van der Waals surface area contributed by atoms with Crippen LogP contribution >= 0.6 is 0 Å². The lowest BCUT2D eigenvalue weighted by Gasteiger charge is -2.00. The molecule has 0 aliphatic rings. The van der Waals surface area contributed by atoms with E-state index in [0.717, 1.165) is 15.9 Å². The van der Waals surface area contributed by atoms with Crippen LogP contribution in [0.1, 0.15) is 11.4 Å². The maximum Gasteiger partial charge on any atom is 0.330 e. The van der Waals surface area contributed by atoms with E-state index in [1.165, 1.54) is 24.3 Å². The van der Waals surface area contributed by atoms with E-state index < -0.39 is 5.97 Å². The molecule has 0 radical (unpaired) electrons. The number of halogens is 1. The fraction of sp³-hybridized carbons (Fsp3) is 0.158. The third kappa shape index (κ3) is 4.49. The van der Waals surface area contributed by atoms with E-state index in [2.05, 4.69) is 25.6 Å². The van der Waals surface area contributed by atoms with Crippen molar-refractivity contribution in [1.29, 1.82) is 0 Å². The number of benzene rings is 2. The summed E-state index contributed by atoms with van der Waals surface area (Å²) < 4.78 is 23.2. The van der Waals surface area contributed by atoms with Crippen molar-refractivity contribution in [2.24, 2.45) is 0 Å². The number of esters is 1. The minimum Gasteiger partial charge on any atom is -0.456 e. The Labute approximate surface area is 164 Å². The Hall–Kier alpha value is -3.95. The van der Waals surface area contributed by atoms with Crippen LogP contribution in [0.5, 0.6) is 0 Å². The van der Waals surface area contributed by atoms with Gasteiger partial charge in [-0.1, -0.05) is 35.0 Å². The molecular formula is C19H15FN6O3. The number of carbonyl (C=O) groups excluding carboxylic acids is 1. The summed E-state index contributed by atoms with van der Waals surface area (Å²) in [5.74, 6) is -0.137. The smallest absolute Gasteiger partial charge is 0.330 e. The zero-order chi connectivity index (χ0) is 20.2. The second-order valence-electron chi connectivity index (χ2n) is 6.19. The molecule has 4 aromatic rings. The van der Waals surface area contributed by atoms with Gasteiger partial charge in [0.15, 0.2) is 13.2 Å². The summed E-state index contributed by atoms with van der Waals surface area (Å²) in [5, 5.41) is 15.7. The van der Waals surface area contributed by atoms with Crippen LogP contribution in [0.25, 0.3) is 22.8 Å². The first kappa shape index (κ1) is 18.4. The van der Waals surface area contributed by atoms with Gasteiger partial charge in [0.25, 0.3) is 5.89 Å². The molecule has 0 saturated heterocycles. The first-order valence-corrected chi connectivity index (χ1v) is 8.66. The summed E-state index contributed by atoms with van der Waals surface area (Å²) in [7, 11) is 0. The molecule has 0 N–H and O–H groups in total. The number of rotatable bonds is 6. The molecule has 146 valence electrons. The van der Waals surface area contributed by atoms with Crippen LogP contribution in [0.4, 0.5) is 4.39 Å². The van der Waals surface area contributed by atoms with Gasteiger partial charge >= 0.3 is 5.97 Å². The molecule has 2 aromatic carbocycles. The van der Waals surface area contributed by atoms with E-state index in [1.54, 1.807) is 0 Å². The van der Waals surface area contributed by atoms with E-state index in [-0.39, 0.29) is 30.7 Å². The Morgan fingerprint density at radius 2 is 1.83 bits per heavy atom. The van der Waals surface area contributed by atoms with Crippen LogP contribution in [-0.4, -0.2) is 36.3 Å². The van der Waals surface area contributed by atoms with Crippen molar-refractivity contribution in [3.8, 4) is 22.8 Å². The summed E-state index contributed by atoms with van der Waals surface area (Å²) >= 11 is 0. The number of ether oxygens (including phenoxy) is 1. The Morgan fingerprint density at radius 3 is 2.59 bits per heavy atom. The van der Waals surface area contributed by atoms with Crippen molar-refractivity contribution in [2.75, 3.05) is 0 Å². The molecule has 0 amide bonds. The van der Waals surface area contributed by atoms with E-state index in [1.807, 2.05) is 31.2 Å². The van der Waals surface area contributed by atoms with Gasteiger partial charge in [0.05, 0.1) is 0 Å². The number of hydrogen-bond donors (Lipinski definition) is 0. The van der Waals surface area contributed by atoms with Gasteiger partial charge in [-0.05, 0) is 36.4 Å². The van der Waals surface area contributed by atoms with Crippen molar-refractivity contribution in [1.82, 2.24) is 30.3 Å². The van der Waals surface area contributed by atoms with E-state index in [9.17, 15) is 9.18 Å². The highest BCUT2D eigenvalue weighted by Gasteiger charge is 2.13. The number of carbonyl (C=O) groups is 1. The molecule has 2 heterocycles. The largest absolute Gasteiger partial charge is 0.456 e. The van der Waals surface area contributed by atoms with Gasteiger partial charge in [0, 0.05) is 11.1 Å². The van der Waals surface area contributed by atoms with Crippen molar-refractivity contribution in [2.45, 2.75) is 20.1 Å². The first-order valence-electron chi connectivity index (χ1n) is 8.66. The Balaban J connectivity index is 1.33. The summed E-state index contributed by atoms with van der Waals surface area (Å²) in [6, 6.07) is 13.2. The predicted molar refractivity (Wildman–Crippen MR) is 97.5 cm³/mol. The minimum atomic E-state index is -0.578. The highest BCUT2D eigenvalue weighted by Crippen LogP contribution is 2.17. The lowest BCUT2D eigenvalue weighted by Crippen LogP contribution is -2.16. The van der Waals surface area contributed by atoms with E-state index in [0.29, 0.717) is 11.4 Å². The third-order valence-electron chi connectivity index (χ3n) is 3.95. The summed E-state index contributed by atoms with van der Waals surface area (Å²) in [4.78, 5) is 17.3. The zero-order valence-electron chi connectivity index (χ0n) is 15.3. The molecule has 0 aliphatic heterocycles. The second-order valence-corrected chi connectivity index (χ2v) is 6.19. The molecule has 2 aromatic heterocycles. The number of aromatic nitrogens is 6. The van der Waals surface area contributed by atoms with Crippen molar-refractivity contribution in [3.05, 3.63) is 65.7 Å². The maximum absolute atomic E-state index is 13.0. The van der Waals surface area contributed by atoms with Crippen LogP contribution in [0.3, 0.4) is 0 Å². The topological polar surface area (TPSA) is 109 Å². The van der Waals surface area contributed by atoms with Gasteiger partial charge in [-0.25, -0.2) is 9.18 Å². The first-order chi connectivity index (χ1) is 14.1. The lowest BCUT2D eigenvalue weighted by molar-refractivity contribution is -0.146. The Kier molecular flexibility index (Phi) is 5.06. The molecular weight excluding hydrogens is 379 g/mol. The molecule has 0 spiro atoms. The van der Waals surface area contributed by atoms with Gasteiger partial charge in [0.2, 0.25) is 11.6 Å². The molecule has 9 nitrogen and oxygen atoms in total. The van der Waals surface area contributed by atoms with Gasteiger partial charge in [-0.2, -0.15) is 9.78 Å². The highest BCUT2D eigenvalue weighted by atomic mass is 19.1. The standard InChI is InChI=1S/C19H15FN6O3/c1-12-2-4-13(5-3-12)18-22-25-26(23-18)10-17(27)28-11-16-21-19(29-24-16)14-6-8-15(20)9-7-14/h2-9H,10-11H2,1H3. The summed E-state index contributed by atoms with van der Waals surface area (Å²) in [5.41, 5.74) is 2.48. The normalized spacial score (nSPS) is 10.8. The molecule has 0 saturated carbocycles. The van der Waals surface area contributed by atoms with Crippen LogP contribution in [0.15, 0.2) is 53.1 Å². The molecule has 10 heteroatoms. The number of tetrazole rings is 1. The third-order valence-corrected chi connectivity index (χ3v) is 3.95. The summed E-state index contributed by atoms with van der Waals surface area (Å²) in [6.07, 6.45) is 0. The van der Waals surface area contributed by atoms with Gasteiger partial charge in [-0.15, -0.1) is 10.2 Å². The second kappa shape index (κ2) is 7.97. The van der Waals surface area contributed by atoms with Crippen molar-refractivity contribution in [3.63, 3.8) is 0 Å². The molecule has 0 aliphatic carbocycles. The average molecular weight is 394 g/mol. The van der Waals surface area contributed by atoms with Crippen molar-refractivity contribution < 1.29 is 18.4 Å². The molecule has 4 rings (SSSR count). The molecule has 0 fully saturated rings. The molecule has 0 bridgehead atoms. The van der Waals surface area contributed by atoms with Crippen LogP contribution < -0.4 is 0 Å². The van der Waals surface area contributed by atoms with Gasteiger partial charge in [0.1, 0.15) is 5.82 Å². The lowest BCUT2D eigenvalue weighted by atomic mass is 10.1. The quantitative estimate of drug-likeness (QED) is 0.459. The minimum absolute atomic E-state index is 0.178. The maximum atomic E-state index is 13.0. The van der Waals surface area contributed by atoms with E-state index >= 15 is 0 Å². The van der Waals surface area contributed by atoms with Crippen LogP contribution in [0, 0.1) is 12.7 Å². The van der Waals surface area contributed by atoms with E-state index in [4.69, 9.17) is 9.26 Å². The number of hydrogen-bond acceptors (Lipinski definition) is 8. The van der Waals surface area contributed by atoms with Crippen molar-refractivity contribution >= 4 is 5.97 Å². The number of nitrogens with zero attached hydrogens (tertiary/aromatic N) is 6. The molecule has 0 unspecified atom stereocenters. The monoisotopic (exact) mass is 394 g/mol. The van der Waals surface area contributed by atoms with Crippen LogP contribution in [0.2, 0.25) is 0 Å². The number of aryl methyl sites for hydroxylation is 1. The Bertz CT molecular complexity index is 1120. The Morgan fingerprint density at radius 1 is 1.10 bits per heavy atom. The average Bonchev–Trinajstić information content (AvgIpc) is 3.37. The molecule has 0 atom stereocenters. The fourth-order valence-electron chi connectivity index (χ4n) is 2.46. The predicted octanol–water partition coefficient (Wildman–Crippen LogP) is 2.58. The van der Waals surface area contributed by atoms with Gasteiger partial charge < -0.3 is 9.26 Å². The summed E-state index contributed by atoms with van der Waals surface area (Å²) in [6.45, 7) is 1.60. The molecule has 29 heavy (non-hydrogen) atoms.